The smallest absolute Gasteiger partial charge is 0.282 e. The minimum Gasteiger partial charge on any atom is -0.488 e. The molecule has 0 radical (unpaired) electrons. The van der Waals surface area contributed by atoms with E-state index in [2.05, 4.69) is 5.16 Å². The molecule has 0 spiro atoms. The van der Waals surface area contributed by atoms with Gasteiger partial charge in [-0.2, -0.15) is 17.0 Å². The number of carbonyl (C=O) groups is 1. The maximum absolute atomic E-state index is 13.3. The maximum Gasteiger partial charge on any atom is 0.282 e. The fourth-order valence-corrected chi connectivity index (χ4v) is 6.15. The van der Waals surface area contributed by atoms with Crippen molar-refractivity contribution >= 4 is 16.1 Å². The Kier molecular flexibility index (Phi) is 7.27. The molecule has 0 bridgehead atoms. The molecule has 0 aliphatic carbocycles. The SMILES string of the molecule is Cc1noc(C)c1COc1ccccc1C(=O)N1CCN(S(=O)(=O)N2CC(C)OC(C)C2)CC1. The molecular weight excluding hydrogens is 460 g/mol. The van der Waals surface area contributed by atoms with E-state index in [1.165, 1.54) is 8.61 Å². The number of hydrogen-bond acceptors (Lipinski definition) is 7. The zero-order chi connectivity index (χ0) is 24.5. The Morgan fingerprint density at radius 2 is 1.71 bits per heavy atom. The molecule has 0 saturated carbocycles. The summed E-state index contributed by atoms with van der Waals surface area (Å²) in [6.07, 6.45) is -0.299. The number of nitrogens with zero attached hydrogens (tertiary/aromatic N) is 4. The van der Waals surface area contributed by atoms with Crippen LogP contribution in [0.4, 0.5) is 0 Å². The summed E-state index contributed by atoms with van der Waals surface area (Å²) in [5, 5.41) is 3.93. The van der Waals surface area contributed by atoms with Gasteiger partial charge in [0.05, 0.1) is 29.0 Å². The molecule has 2 atom stereocenters. The lowest BCUT2D eigenvalue weighted by Crippen LogP contribution is -2.57. The van der Waals surface area contributed by atoms with Crippen LogP contribution in [-0.4, -0.2) is 84.5 Å². The standard InChI is InChI=1S/C23H32N4O6S/c1-16-13-27(14-17(2)32-16)34(29,30)26-11-9-25(10-12-26)23(28)20-7-5-6-8-22(20)31-15-21-18(3)24-33-19(21)4/h5-8,16-17H,9-15H2,1-4H3. The largest absolute Gasteiger partial charge is 0.488 e. The van der Waals surface area contributed by atoms with Crippen LogP contribution in [0.5, 0.6) is 5.75 Å². The van der Waals surface area contributed by atoms with Gasteiger partial charge in [0.15, 0.2) is 0 Å². The summed E-state index contributed by atoms with van der Waals surface area (Å²) in [4.78, 5) is 15.0. The van der Waals surface area contributed by atoms with Crippen LogP contribution in [0.25, 0.3) is 0 Å². The second-order valence-corrected chi connectivity index (χ2v) is 10.8. The second-order valence-electron chi connectivity index (χ2n) is 8.86. The van der Waals surface area contributed by atoms with E-state index < -0.39 is 10.2 Å². The van der Waals surface area contributed by atoms with Gasteiger partial charge in [0.25, 0.3) is 16.1 Å². The van der Waals surface area contributed by atoms with Crippen LogP contribution >= 0.6 is 0 Å². The predicted molar refractivity (Wildman–Crippen MR) is 125 cm³/mol. The Morgan fingerprint density at radius 3 is 2.32 bits per heavy atom. The van der Waals surface area contributed by atoms with Crippen LogP contribution < -0.4 is 4.74 Å². The molecule has 4 rings (SSSR count). The Balaban J connectivity index is 1.40. The number of ether oxygens (including phenoxy) is 2. The minimum atomic E-state index is -3.61. The molecule has 10 nitrogen and oxygen atoms in total. The number of aromatic nitrogens is 1. The van der Waals surface area contributed by atoms with Gasteiger partial charge in [-0.15, -0.1) is 0 Å². The lowest BCUT2D eigenvalue weighted by molar-refractivity contribution is -0.0457. The van der Waals surface area contributed by atoms with E-state index in [4.69, 9.17) is 14.0 Å². The molecule has 3 heterocycles. The molecule has 34 heavy (non-hydrogen) atoms. The van der Waals surface area contributed by atoms with Gasteiger partial charge in [0.2, 0.25) is 0 Å². The van der Waals surface area contributed by atoms with Crippen molar-refractivity contribution < 1.29 is 27.2 Å². The first-order valence-electron chi connectivity index (χ1n) is 11.5. The van der Waals surface area contributed by atoms with Crippen LogP contribution in [0, 0.1) is 13.8 Å². The van der Waals surface area contributed by atoms with E-state index in [-0.39, 0.29) is 37.8 Å². The van der Waals surface area contributed by atoms with E-state index in [0.717, 1.165) is 11.3 Å². The highest BCUT2D eigenvalue weighted by atomic mass is 32.2. The van der Waals surface area contributed by atoms with Crippen molar-refractivity contribution in [1.29, 1.82) is 0 Å². The molecule has 2 aliphatic heterocycles. The van der Waals surface area contributed by atoms with Crippen molar-refractivity contribution in [3.05, 3.63) is 46.8 Å². The van der Waals surface area contributed by atoms with Gasteiger partial charge in [-0.05, 0) is 39.8 Å². The van der Waals surface area contributed by atoms with Gasteiger partial charge in [0, 0.05) is 39.3 Å². The second kappa shape index (κ2) is 10.0. The number of para-hydroxylation sites is 1. The quantitative estimate of drug-likeness (QED) is 0.607. The maximum atomic E-state index is 13.3. The zero-order valence-electron chi connectivity index (χ0n) is 20.1. The van der Waals surface area contributed by atoms with Crippen molar-refractivity contribution in [2.45, 2.75) is 46.5 Å². The number of hydrogen-bond donors (Lipinski definition) is 0. The fraction of sp³-hybridized carbons (Fsp3) is 0.565. The van der Waals surface area contributed by atoms with Crippen molar-refractivity contribution in [2.24, 2.45) is 0 Å². The first-order chi connectivity index (χ1) is 16.2. The van der Waals surface area contributed by atoms with E-state index in [9.17, 15) is 13.2 Å². The van der Waals surface area contributed by atoms with Crippen molar-refractivity contribution in [3.63, 3.8) is 0 Å². The summed E-state index contributed by atoms with van der Waals surface area (Å²) in [7, 11) is -3.61. The first kappa shape index (κ1) is 24.6. The Morgan fingerprint density at radius 1 is 1.06 bits per heavy atom. The van der Waals surface area contributed by atoms with E-state index in [1.807, 2.05) is 33.8 Å². The predicted octanol–water partition coefficient (Wildman–Crippen LogP) is 1.98. The highest BCUT2D eigenvalue weighted by Crippen LogP contribution is 2.24. The van der Waals surface area contributed by atoms with Crippen LogP contribution in [0.15, 0.2) is 28.8 Å². The number of rotatable bonds is 6. The lowest BCUT2D eigenvalue weighted by atomic mass is 10.1. The van der Waals surface area contributed by atoms with Crippen molar-refractivity contribution in [1.82, 2.24) is 18.7 Å². The van der Waals surface area contributed by atoms with Crippen LogP contribution in [0.3, 0.4) is 0 Å². The number of carbonyl (C=O) groups excluding carboxylic acids is 1. The Labute approximate surface area is 200 Å². The van der Waals surface area contributed by atoms with Gasteiger partial charge in [-0.25, -0.2) is 0 Å². The molecule has 1 aromatic carbocycles. The number of amides is 1. The van der Waals surface area contributed by atoms with E-state index >= 15 is 0 Å². The lowest BCUT2D eigenvalue weighted by Gasteiger charge is -2.40. The van der Waals surface area contributed by atoms with Crippen LogP contribution in [0.2, 0.25) is 0 Å². The molecule has 186 valence electrons. The van der Waals surface area contributed by atoms with Crippen molar-refractivity contribution in [2.75, 3.05) is 39.3 Å². The van der Waals surface area contributed by atoms with Crippen LogP contribution in [0.1, 0.15) is 41.2 Å². The Bertz CT molecular complexity index is 1100. The Hall–Kier alpha value is -2.47. The minimum absolute atomic E-state index is 0.150. The third-order valence-corrected chi connectivity index (χ3v) is 8.20. The van der Waals surface area contributed by atoms with E-state index in [0.29, 0.717) is 43.3 Å². The third kappa shape index (κ3) is 5.12. The number of benzene rings is 1. The van der Waals surface area contributed by atoms with Crippen LogP contribution in [-0.2, 0) is 21.6 Å². The summed E-state index contributed by atoms with van der Waals surface area (Å²) in [6.45, 7) is 9.45. The molecule has 0 N–H and O–H groups in total. The zero-order valence-corrected chi connectivity index (χ0v) is 20.9. The topological polar surface area (TPSA) is 105 Å². The first-order valence-corrected chi connectivity index (χ1v) is 12.9. The van der Waals surface area contributed by atoms with Gasteiger partial charge in [-0.1, -0.05) is 17.3 Å². The summed E-state index contributed by atoms with van der Waals surface area (Å²) in [6, 6.07) is 7.09. The van der Waals surface area contributed by atoms with Gasteiger partial charge < -0.3 is 18.9 Å². The number of piperazine rings is 1. The van der Waals surface area contributed by atoms with Gasteiger partial charge in [0.1, 0.15) is 18.1 Å². The molecule has 11 heteroatoms. The third-order valence-electron chi connectivity index (χ3n) is 6.24. The number of aryl methyl sites for hydroxylation is 2. The highest BCUT2D eigenvalue weighted by Gasteiger charge is 2.37. The molecular formula is C23H32N4O6S. The van der Waals surface area contributed by atoms with E-state index in [1.54, 1.807) is 23.1 Å². The number of morpholine rings is 1. The van der Waals surface area contributed by atoms with Crippen molar-refractivity contribution in [3.8, 4) is 5.75 Å². The van der Waals surface area contributed by atoms with Gasteiger partial charge in [-0.3, -0.25) is 4.79 Å². The summed E-state index contributed by atoms with van der Waals surface area (Å²) in [5.74, 6) is 0.974. The molecule has 2 aromatic rings. The van der Waals surface area contributed by atoms with Gasteiger partial charge >= 0.3 is 0 Å². The normalized spacial score (nSPS) is 22.6. The molecule has 2 unspecified atom stereocenters. The fourth-order valence-electron chi connectivity index (χ4n) is 4.40. The summed E-state index contributed by atoms with van der Waals surface area (Å²) < 4.78 is 46.0. The molecule has 1 aromatic heterocycles. The molecule has 2 fully saturated rings. The summed E-state index contributed by atoms with van der Waals surface area (Å²) in [5.41, 5.74) is 2.05. The molecule has 1 amide bonds. The average molecular weight is 493 g/mol. The monoisotopic (exact) mass is 492 g/mol. The highest BCUT2D eigenvalue weighted by molar-refractivity contribution is 7.86. The molecule has 2 saturated heterocycles. The molecule has 2 aliphatic rings. The average Bonchev–Trinajstić information content (AvgIpc) is 3.14. The summed E-state index contributed by atoms with van der Waals surface area (Å²) >= 11 is 0.